The van der Waals surface area contributed by atoms with E-state index in [2.05, 4.69) is 64.1 Å². The predicted molar refractivity (Wildman–Crippen MR) is 98.1 cm³/mol. The third-order valence-electron chi connectivity index (χ3n) is 5.43. The van der Waals surface area contributed by atoms with Gasteiger partial charge in [0.15, 0.2) is 6.29 Å². The highest BCUT2D eigenvalue weighted by Crippen LogP contribution is 2.49. The average molecular weight is 424 g/mol. The van der Waals surface area contributed by atoms with E-state index in [1.165, 1.54) is 0 Å². The molecule has 1 aliphatic heterocycles. The van der Waals surface area contributed by atoms with E-state index in [1.807, 2.05) is 0 Å². The third-order valence-corrected chi connectivity index (χ3v) is 6.15. The first kappa shape index (κ1) is 18.9. The summed E-state index contributed by atoms with van der Waals surface area (Å²) in [6, 6.07) is 0. The molecule has 0 radical (unpaired) electrons. The Bertz CT molecular complexity index is 340. The largest absolute Gasteiger partial charge is 0.393 e. The third kappa shape index (κ3) is 4.37. The van der Waals surface area contributed by atoms with Crippen LogP contribution < -0.4 is 0 Å². The van der Waals surface area contributed by atoms with Gasteiger partial charge in [-0.2, -0.15) is 0 Å². The molecule has 22 heavy (non-hydrogen) atoms. The van der Waals surface area contributed by atoms with Crippen LogP contribution in [0.3, 0.4) is 0 Å². The molecule has 1 aliphatic carbocycles. The zero-order valence-electron chi connectivity index (χ0n) is 14.9. The van der Waals surface area contributed by atoms with Crippen molar-refractivity contribution in [1.82, 2.24) is 0 Å². The van der Waals surface area contributed by atoms with Crippen LogP contribution in [0.15, 0.2) is 0 Å². The van der Waals surface area contributed by atoms with E-state index in [4.69, 9.17) is 9.47 Å². The fourth-order valence-electron chi connectivity index (χ4n) is 4.03. The fourth-order valence-corrected chi connectivity index (χ4v) is 4.44. The zero-order chi connectivity index (χ0) is 16.7. The summed E-state index contributed by atoms with van der Waals surface area (Å²) in [4.78, 5) is 0. The SMILES string of the molecule is CC(C)(C)C1CC(C2OCC(I)CO2)CC(C(C)(C)C)C1O. The Morgan fingerprint density at radius 2 is 1.27 bits per heavy atom. The van der Waals surface area contributed by atoms with Crippen molar-refractivity contribution in [2.75, 3.05) is 13.2 Å². The van der Waals surface area contributed by atoms with Gasteiger partial charge in [-0.3, -0.25) is 0 Å². The van der Waals surface area contributed by atoms with Gasteiger partial charge in [-0.15, -0.1) is 0 Å². The van der Waals surface area contributed by atoms with Gasteiger partial charge >= 0.3 is 0 Å². The Hall–Kier alpha value is 0.610. The number of aliphatic hydroxyl groups excluding tert-OH is 1. The number of rotatable bonds is 1. The molecular weight excluding hydrogens is 391 g/mol. The highest BCUT2D eigenvalue weighted by atomic mass is 127. The van der Waals surface area contributed by atoms with Crippen LogP contribution in [0.5, 0.6) is 0 Å². The van der Waals surface area contributed by atoms with Crippen LogP contribution in [0.25, 0.3) is 0 Å². The van der Waals surface area contributed by atoms with Crippen molar-refractivity contribution >= 4 is 22.6 Å². The molecule has 2 atom stereocenters. The van der Waals surface area contributed by atoms with Crippen LogP contribution >= 0.6 is 22.6 Å². The summed E-state index contributed by atoms with van der Waals surface area (Å²) >= 11 is 2.38. The minimum absolute atomic E-state index is 0.0896. The molecule has 2 aliphatic rings. The maximum atomic E-state index is 11.0. The zero-order valence-corrected chi connectivity index (χ0v) is 17.1. The highest BCUT2D eigenvalue weighted by molar-refractivity contribution is 14.1. The van der Waals surface area contributed by atoms with Gasteiger partial charge in [-0.05, 0) is 35.5 Å². The van der Waals surface area contributed by atoms with E-state index in [9.17, 15) is 5.11 Å². The standard InChI is InChI=1S/C18H33IO3/c1-17(2,3)13-7-11(16-21-9-12(19)10-22-16)8-14(15(13)20)18(4,5)6/h11-16,20H,7-10H2,1-6H3. The Balaban J connectivity index is 2.17. The minimum atomic E-state index is -0.239. The smallest absolute Gasteiger partial charge is 0.160 e. The van der Waals surface area contributed by atoms with Gasteiger partial charge in [-0.25, -0.2) is 0 Å². The second-order valence-electron chi connectivity index (χ2n) is 9.30. The molecule has 1 N–H and O–H groups in total. The molecule has 1 saturated carbocycles. The lowest BCUT2D eigenvalue weighted by Crippen LogP contribution is -2.51. The van der Waals surface area contributed by atoms with E-state index in [1.54, 1.807) is 0 Å². The van der Waals surface area contributed by atoms with Crippen molar-refractivity contribution in [1.29, 1.82) is 0 Å². The van der Waals surface area contributed by atoms with E-state index < -0.39 is 0 Å². The quantitative estimate of drug-likeness (QED) is 0.505. The summed E-state index contributed by atoms with van der Waals surface area (Å²) in [5.41, 5.74) is 0.199. The lowest BCUT2D eigenvalue weighted by Gasteiger charge is -2.51. The minimum Gasteiger partial charge on any atom is -0.393 e. The molecule has 0 aromatic heterocycles. The Labute approximate surface area is 149 Å². The van der Waals surface area contributed by atoms with E-state index in [-0.39, 0.29) is 23.2 Å². The fraction of sp³-hybridized carbons (Fsp3) is 1.00. The molecule has 0 spiro atoms. The molecule has 2 rings (SSSR count). The average Bonchev–Trinajstić information content (AvgIpc) is 2.37. The number of hydrogen-bond donors (Lipinski definition) is 1. The Morgan fingerprint density at radius 3 is 1.64 bits per heavy atom. The first-order valence-electron chi connectivity index (χ1n) is 8.55. The lowest BCUT2D eigenvalue weighted by molar-refractivity contribution is -0.223. The molecule has 3 nitrogen and oxygen atoms in total. The maximum Gasteiger partial charge on any atom is 0.160 e. The van der Waals surface area contributed by atoms with E-state index in [0.29, 0.717) is 21.7 Å². The summed E-state index contributed by atoms with van der Waals surface area (Å²) in [6.07, 6.45) is 1.66. The van der Waals surface area contributed by atoms with E-state index in [0.717, 1.165) is 26.1 Å². The molecule has 0 amide bonds. The topological polar surface area (TPSA) is 38.7 Å². The van der Waals surface area contributed by atoms with Gasteiger partial charge in [0.1, 0.15) is 0 Å². The Kier molecular flexibility index (Phi) is 5.90. The van der Waals surface area contributed by atoms with Crippen LogP contribution in [0.2, 0.25) is 0 Å². The molecule has 0 aromatic carbocycles. The summed E-state index contributed by atoms with van der Waals surface area (Å²) in [5, 5.41) is 11.0. The van der Waals surface area contributed by atoms with Crippen LogP contribution in [0, 0.1) is 28.6 Å². The van der Waals surface area contributed by atoms with Crippen LogP contribution in [0.1, 0.15) is 54.4 Å². The summed E-state index contributed by atoms with van der Waals surface area (Å²) < 4.78 is 12.4. The van der Waals surface area contributed by atoms with E-state index >= 15 is 0 Å². The van der Waals surface area contributed by atoms with Gasteiger partial charge in [-0.1, -0.05) is 64.1 Å². The lowest BCUT2D eigenvalue weighted by atomic mass is 9.58. The highest BCUT2D eigenvalue weighted by Gasteiger charge is 2.48. The van der Waals surface area contributed by atoms with Gasteiger partial charge in [0.05, 0.1) is 23.2 Å². The van der Waals surface area contributed by atoms with Crippen molar-refractivity contribution in [3.8, 4) is 0 Å². The first-order valence-corrected chi connectivity index (χ1v) is 9.80. The molecule has 4 heteroatoms. The van der Waals surface area contributed by atoms with Crippen molar-refractivity contribution in [3.05, 3.63) is 0 Å². The number of ether oxygens (including phenoxy) is 2. The molecule has 2 fully saturated rings. The van der Waals surface area contributed by atoms with Crippen LogP contribution in [0.4, 0.5) is 0 Å². The number of hydrogen-bond acceptors (Lipinski definition) is 3. The molecule has 2 unspecified atom stereocenters. The monoisotopic (exact) mass is 424 g/mol. The van der Waals surface area contributed by atoms with Crippen molar-refractivity contribution in [2.45, 2.75) is 70.7 Å². The second-order valence-corrected chi connectivity index (χ2v) is 11.1. The number of halogens is 1. The molecule has 1 heterocycles. The van der Waals surface area contributed by atoms with Crippen LogP contribution in [-0.2, 0) is 9.47 Å². The summed E-state index contributed by atoms with van der Waals surface area (Å²) in [7, 11) is 0. The number of aliphatic hydroxyl groups is 1. The molecule has 130 valence electrons. The summed E-state index contributed by atoms with van der Waals surface area (Å²) in [5.74, 6) is 0.973. The Morgan fingerprint density at radius 1 is 0.864 bits per heavy atom. The molecule has 1 saturated heterocycles. The van der Waals surface area contributed by atoms with Gasteiger partial charge in [0.2, 0.25) is 0 Å². The second kappa shape index (κ2) is 6.85. The van der Waals surface area contributed by atoms with Gasteiger partial charge < -0.3 is 14.6 Å². The molecular formula is C18H33IO3. The normalized spacial score (nSPS) is 41.5. The first-order chi connectivity index (χ1) is 10.00. The van der Waals surface area contributed by atoms with Crippen molar-refractivity contribution < 1.29 is 14.6 Å². The van der Waals surface area contributed by atoms with Crippen molar-refractivity contribution in [3.63, 3.8) is 0 Å². The maximum absolute atomic E-state index is 11.0. The molecule has 0 bridgehead atoms. The van der Waals surface area contributed by atoms with Gasteiger partial charge in [0.25, 0.3) is 0 Å². The van der Waals surface area contributed by atoms with Gasteiger partial charge in [0, 0.05) is 5.92 Å². The predicted octanol–water partition coefficient (Wildman–Crippen LogP) is 4.26. The molecule has 0 aromatic rings. The number of alkyl halides is 1. The van der Waals surface area contributed by atoms with Crippen LogP contribution in [-0.4, -0.2) is 34.6 Å². The summed E-state index contributed by atoms with van der Waals surface area (Å²) in [6.45, 7) is 15.0. The van der Waals surface area contributed by atoms with Crippen molar-refractivity contribution in [2.24, 2.45) is 28.6 Å².